The molecule has 196 valence electrons. The van der Waals surface area contributed by atoms with Gasteiger partial charge in [-0.15, -0.1) is 0 Å². The minimum absolute atomic E-state index is 0.0547. The van der Waals surface area contributed by atoms with Crippen molar-refractivity contribution in [3.63, 3.8) is 0 Å². The highest BCUT2D eigenvalue weighted by atomic mass is 32.2. The van der Waals surface area contributed by atoms with Gasteiger partial charge in [-0.25, -0.2) is 0 Å². The Bertz CT molecular complexity index is 873. The molecule has 2 amide bonds. The third kappa shape index (κ3) is 11.0. The van der Waals surface area contributed by atoms with Gasteiger partial charge in [-0.3, -0.25) is 19.2 Å². The van der Waals surface area contributed by atoms with Crippen molar-refractivity contribution in [2.24, 2.45) is 11.8 Å². The minimum atomic E-state index is -1.19. The fourth-order valence-corrected chi connectivity index (χ4v) is 4.41. The molecule has 0 aliphatic heterocycles. The van der Waals surface area contributed by atoms with Crippen molar-refractivity contribution in [3.8, 4) is 11.5 Å². The van der Waals surface area contributed by atoms with Crippen LogP contribution in [0.4, 0.5) is 0 Å². The minimum Gasteiger partial charge on any atom is -0.497 e. The van der Waals surface area contributed by atoms with Crippen LogP contribution in [0.5, 0.6) is 11.5 Å². The first kappa shape index (κ1) is 30.3. The maximum Gasteiger partial charge on any atom is 0.305 e. The molecule has 0 spiro atoms. The van der Waals surface area contributed by atoms with Gasteiger partial charge in [0.1, 0.15) is 17.5 Å². The van der Waals surface area contributed by atoms with E-state index in [1.165, 1.54) is 26.0 Å². The summed E-state index contributed by atoms with van der Waals surface area (Å²) >= 11 is 1.42. The van der Waals surface area contributed by atoms with Crippen molar-refractivity contribution in [1.29, 1.82) is 0 Å². The lowest BCUT2D eigenvalue weighted by molar-refractivity contribution is -0.140. The number of ketones is 1. The van der Waals surface area contributed by atoms with Crippen LogP contribution in [0.1, 0.15) is 46.1 Å². The van der Waals surface area contributed by atoms with Crippen LogP contribution < -0.4 is 20.1 Å². The van der Waals surface area contributed by atoms with E-state index >= 15 is 0 Å². The quantitative estimate of drug-likeness (QED) is 0.289. The molecule has 0 radical (unpaired) electrons. The standard InChI is InChI=1S/C25H38N2O7S/c1-15(2)9-10-35-14-20(28)19(13-23(30)31)26-25(32)24(16(3)4)27-22(29)12-17-11-18(33-5)7-8-21(17)34-6/h7-8,11,15-16,19,24H,9-10,12-14H2,1-6H3,(H,26,32)(H,27,29)(H,30,31)/t19?,24-/m0/s1. The summed E-state index contributed by atoms with van der Waals surface area (Å²) in [6.45, 7) is 7.68. The number of rotatable bonds is 16. The summed E-state index contributed by atoms with van der Waals surface area (Å²) < 4.78 is 10.5. The van der Waals surface area contributed by atoms with Crippen LogP contribution in [0, 0.1) is 11.8 Å². The summed E-state index contributed by atoms with van der Waals surface area (Å²) in [6, 6.07) is 2.97. The van der Waals surface area contributed by atoms with Gasteiger partial charge in [-0.2, -0.15) is 11.8 Å². The smallest absolute Gasteiger partial charge is 0.305 e. The van der Waals surface area contributed by atoms with Gasteiger partial charge in [-0.1, -0.05) is 27.7 Å². The summed E-state index contributed by atoms with van der Waals surface area (Å²) in [6.07, 6.45) is 0.364. The second-order valence-corrected chi connectivity index (χ2v) is 10.1. The second-order valence-electron chi connectivity index (χ2n) is 9.00. The van der Waals surface area contributed by atoms with Crippen molar-refractivity contribution in [2.75, 3.05) is 25.7 Å². The Hall–Kier alpha value is -2.75. The van der Waals surface area contributed by atoms with Crippen molar-refractivity contribution in [3.05, 3.63) is 23.8 Å². The van der Waals surface area contributed by atoms with E-state index in [0.29, 0.717) is 23.0 Å². The van der Waals surface area contributed by atoms with Crippen molar-refractivity contribution in [2.45, 2.75) is 59.0 Å². The zero-order valence-electron chi connectivity index (χ0n) is 21.4. The Labute approximate surface area is 211 Å². The number of hydrogen-bond donors (Lipinski definition) is 3. The topological polar surface area (TPSA) is 131 Å². The van der Waals surface area contributed by atoms with Crippen LogP contribution in [0.3, 0.4) is 0 Å². The summed E-state index contributed by atoms with van der Waals surface area (Å²) in [5.41, 5.74) is 0.588. The monoisotopic (exact) mass is 510 g/mol. The van der Waals surface area contributed by atoms with Gasteiger partial charge in [0.2, 0.25) is 11.8 Å². The molecular formula is C25H38N2O7S. The average molecular weight is 511 g/mol. The van der Waals surface area contributed by atoms with E-state index in [1.54, 1.807) is 32.0 Å². The Kier molecular flexibility index (Phi) is 13.2. The normalized spacial score (nSPS) is 12.7. The Morgan fingerprint density at radius 1 is 1.03 bits per heavy atom. The molecule has 35 heavy (non-hydrogen) atoms. The van der Waals surface area contributed by atoms with E-state index in [0.717, 1.165) is 12.2 Å². The van der Waals surface area contributed by atoms with E-state index < -0.39 is 36.3 Å². The van der Waals surface area contributed by atoms with Crippen molar-refractivity contribution in [1.82, 2.24) is 10.6 Å². The number of carbonyl (C=O) groups excluding carboxylic acids is 3. The highest BCUT2D eigenvalue weighted by Crippen LogP contribution is 2.24. The number of nitrogens with one attached hydrogen (secondary N) is 2. The number of methoxy groups -OCH3 is 2. The van der Waals surface area contributed by atoms with Gasteiger partial charge in [-0.05, 0) is 42.2 Å². The third-order valence-corrected chi connectivity index (χ3v) is 6.28. The van der Waals surface area contributed by atoms with Gasteiger partial charge in [0, 0.05) is 5.56 Å². The summed E-state index contributed by atoms with van der Waals surface area (Å²) in [5, 5.41) is 14.5. The first-order valence-electron chi connectivity index (χ1n) is 11.6. The number of amides is 2. The van der Waals surface area contributed by atoms with Gasteiger partial charge < -0.3 is 25.2 Å². The zero-order chi connectivity index (χ0) is 26.5. The fraction of sp³-hybridized carbons (Fsp3) is 0.600. The summed E-state index contributed by atoms with van der Waals surface area (Å²) in [4.78, 5) is 49.7. The molecular weight excluding hydrogens is 472 g/mol. The van der Waals surface area contributed by atoms with E-state index in [9.17, 15) is 24.3 Å². The van der Waals surface area contributed by atoms with Crippen molar-refractivity contribution < 1.29 is 33.8 Å². The molecule has 2 atom stereocenters. The van der Waals surface area contributed by atoms with Gasteiger partial charge >= 0.3 is 5.97 Å². The summed E-state index contributed by atoms with van der Waals surface area (Å²) in [7, 11) is 3.01. The maximum absolute atomic E-state index is 13.0. The number of carboxylic acids is 1. The largest absolute Gasteiger partial charge is 0.497 e. The number of hydrogen-bond acceptors (Lipinski definition) is 7. The molecule has 0 saturated heterocycles. The molecule has 9 nitrogen and oxygen atoms in total. The molecule has 1 rings (SSSR count). The number of thioether (sulfide) groups is 1. The molecule has 1 aromatic carbocycles. The molecule has 1 unspecified atom stereocenters. The molecule has 0 bridgehead atoms. The Morgan fingerprint density at radius 2 is 1.71 bits per heavy atom. The molecule has 0 aromatic heterocycles. The summed E-state index contributed by atoms with van der Waals surface area (Å²) in [5.74, 6) is -0.410. The number of Topliss-reactive ketones (excluding diaryl/α,β-unsaturated/α-hetero) is 1. The van der Waals surface area contributed by atoms with Crippen LogP contribution in [0.2, 0.25) is 0 Å². The second kappa shape index (κ2) is 15.3. The SMILES string of the molecule is COc1ccc(OC)c(CC(=O)N[C@H](C(=O)NC(CC(=O)O)C(=O)CSCCC(C)C)C(C)C)c1. The molecule has 3 N–H and O–H groups in total. The molecule has 0 aliphatic rings. The number of aliphatic carboxylic acids is 1. The highest BCUT2D eigenvalue weighted by Gasteiger charge is 2.30. The predicted octanol–water partition coefficient (Wildman–Crippen LogP) is 2.70. The number of ether oxygens (including phenoxy) is 2. The molecule has 0 fully saturated rings. The van der Waals surface area contributed by atoms with Gasteiger partial charge in [0.25, 0.3) is 0 Å². The lowest BCUT2D eigenvalue weighted by atomic mass is 10.0. The average Bonchev–Trinajstić information content (AvgIpc) is 2.78. The van der Waals surface area contributed by atoms with Crippen LogP contribution in [0.25, 0.3) is 0 Å². The molecule has 0 heterocycles. The molecule has 1 aromatic rings. The van der Waals surface area contributed by atoms with Crippen LogP contribution in [0.15, 0.2) is 18.2 Å². The van der Waals surface area contributed by atoms with E-state index in [-0.39, 0.29) is 23.9 Å². The van der Waals surface area contributed by atoms with Crippen LogP contribution in [-0.2, 0) is 25.6 Å². The van der Waals surface area contributed by atoms with Gasteiger partial charge in [0.05, 0.1) is 38.9 Å². The van der Waals surface area contributed by atoms with E-state index in [1.807, 2.05) is 0 Å². The first-order valence-corrected chi connectivity index (χ1v) is 12.8. The van der Waals surface area contributed by atoms with Gasteiger partial charge in [0.15, 0.2) is 5.78 Å². The lowest BCUT2D eigenvalue weighted by Crippen LogP contribution is -2.54. The van der Waals surface area contributed by atoms with E-state index in [4.69, 9.17) is 9.47 Å². The Balaban J connectivity index is 2.87. The predicted molar refractivity (Wildman–Crippen MR) is 136 cm³/mol. The first-order chi connectivity index (χ1) is 16.5. The highest BCUT2D eigenvalue weighted by molar-refractivity contribution is 7.99. The van der Waals surface area contributed by atoms with Crippen LogP contribution >= 0.6 is 11.8 Å². The number of carboxylic acid groups (broad SMARTS) is 1. The lowest BCUT2D eigenvalue weighted by Gasteiger charge is -2.25. The van der Waals surface area contributed by atoms with E-state index in [2.05, 4.69) is 24.5 Å². The molecule has 0 saturated carbocycles. The molecule has 10 heteroatoms. The number of carbonyl (C=O) groups is 4. The zero-order valence-corrected chi connectivity index (χ0v) is 22.2. The van der Waals surface area contributed by atoms with Crippen LogP contribution in [-0.4, -0.2) is 66.5 Å². The fourth-order valence-electron chi connectivity index (χ4n) is 3.23. The Morgan fingerprint density at radius 3 is 2.26 bits per heavy atom. The third-order valence-electron chi connectivity index (χ3n) is 5.27. The molecule has 0 aliphatic carbocycles. The number of benzene rings is 1. The van der Waals surface area contributed by atoms with Crippen molar-refractivity contribution >= 4 is 35.3 Å². The maximum atomic E-state index is 13.0.